The van der Waals surface area contributed by atoms with Crippen LogP contribution in [0.15, 0.2) is 29.3 Å². The molecule has 2 rings (SSSR count). The molecule has 5 N–H and O–H groups in total. The number of amidine groups is 1. The molecule has 0 bridgehead atoms. The third-order valence-corrected chi connectivity index (χ3v) is 3.55. The fraction of sp³-hybridized carbons (Fsp3) is 0.429. The summed E-state index contributed by atoms with van der Waals surface area (Å²) in [5, 5.41) is 7.51. The lowest BCUT2D eigenvalue weighted by molar-refractivity contribution is -0.0526. The minimum absolute atomic E-state index is 0.00262. The van der Waals surface area contributed by atoms with Gasteiger partial charge in [0, 0.05) is 25.5 Å². The SMILES string of the molecule is COc1cccc(N=C(N)C2CC(F)(F)CCN2C(=N)N)c1. The standard InChI is InChI=1S/C14H19F2N5O/c1-22-10-4-2-3-9(7-10)20-12(17)11-8-14(15,16)5-6-21(11)13(18)19/h2-4,7,11H,5-6,8H2,1H3,(H2,17,20)(H3,18,19). The number of piperidine rings is 1. The van der Waals surface area contributed by atoms with Crippen molar-refractivity contribution < 1.29 is 13.5 Å². The molecule has 1 aromatic carbocycles. The summed E-state index contributed by atoms with van der Waals surface area (Å²) in [6.45, 7) is -0.0265. The topological polar surface area (TPSA) is 101 Å². The van der Waals surface area contributed by atoms with Gasteiger partial charge in [-0.05, 0) is 12.1 Å². The first-order chi connectivity index (χ1) is 10.3. The fourth-order valence-electron chi connectivity index (χ4n) is 2.39. The molecule has 1 atom stereocenters. The van der Waals surface area contributed by atoms with Crippen molar-refractivity contribution >= 4 is 17.5 Å². The van der Waals surface area contributed by atoms with E-state index in [0.29, 0.717) is 11.4 Å². The summed E-state index contributed by atoms with van der Waals surface area (Å²) in [6, 6.07) is 5.91. The van der Waals surface area contributed by atoms with E-state index in [1.807, 2.05) is 0 Å². The Morgan fingerprint density at radius 3 is 2.82 bits per heavy atom. The van der Waals surface area contributed by atoms with Crippen LogP contribution < -0.4 is 16.2 Å². The van der Waals surface area contributed by atoms with Gasteiger partial charge in [0.05, 0.1) is 18.8 Å². The van der Waals surface area contributed by atoms with Crippen LogP contribution >= 0.6 is 0 Å². The Kier molecular flexibility index (Phi) is 4.48. The predicted octanol–water partition coefficient (Wildman–Crippen LogP) is 1.68. The Labute approximate surface area is 127 Å². The van der Waals surface area contributed by atoms with Gasteiger partial charge >= 0.3 is 0 Å². The van der Waals surface area contributed by atoms with Crippen molar-refractivity contribution in [2.75, 3.05) is 13.7 Å². The summed E-state index contributed by atoms with van der Waals surface area (Å²) in [7, 11) is 1.52. The average Bonchev–Trinajstić information content (AvgIpc) is 2.46. The first kappa shape index (κ1) is 16.0. The lowest BCUT2D eigenvalue weighted by atomic mass is 9.98. The normalized spacial score (nSPS) is 21.5. The average molecular weight is 311 g/mol. The van der Waals surface area contributed by atoms with Crippen molar-refractivity contribution in [3.63, 3.8) is 0 Å². The summed E-state index contributed by atoms with van der Waals surface area (Å²) >= 11 is 0. The fourth-order valence-corrected chi connectivity index (χ4v) is 2.39. The number of halogens is 2. The van der Waals surface area contributed by atoms with Gasteiger partial charge in [-0.2, -0.15) is 0 Å². The van der Waals surface area contributed by atoms with Gasteiger partial charge in [-0.1, -0.05) is 6.07 Å². The molecule has 0 aromatic heterocycles. The summed E-state index contributed by atoms with van der Waals surface area (Å²) in [5.74, 6) is -2.54. The zero-order valence-electron chi connectivity index (χ0n) is 12.2. The molecule has 1 unspecified atom stereocenters. The molecular formula is C14H19F2N5O. The first-order valence-corrected chi connectivity index (χ1v) is 6.79. The van der Waals surface area contributed by atoms with Crippen LogP contribution in [-0.4, -0.2) is 42.3 Å². The van der Waals surface area contributed by atoms with Gasteiger partial charge in [0.2, 0.25) is 0 Å². The van der Waals surface area contributed by atoms with Crippen molar-refractivity contribution in [3.05, 3.63) is 24.3 Å². The number of guanidine groups is 1. The molecular weight excluding hydrogens is 292 g/mol. The maximum absolute atomic E-state index is 13.6. The van der Waals surface area contributed by atoms with E-state index >= 15 is 0 Å². The van der Waals surface area contributed by atoms with Crippen LogP contribution in [0, 0.1) is 5.41 Å². The number of benzene rings is 1. The van der Waals surface area contributed by atoms with Crippen molar-refractivity contribution in [1.29, 1.82) is 5.41 Å². The number of alkyl halides is 2. The maximum atomic E-state index is 13.6. The Bertz CT molecular complexity index is 590. The highest BCUT2D eigenvalue weighted by Gasteiger charge is 2.42. The lowest BCUT2D eigenvalue weighted by Gasteiger charge is -2.39. The van der Waals surface area contributed by atoms with Crippen LogP contribution in [0.3, 0.4) is 0 Å². The molecule has 0 radical (unpaired) electrons. The molecule has 1 aliphatic rings. The summed E-state index contributed by atoms with van der Waals surface area (Å²) in [5.41, 5.74) is 11.9. The van der Waals surface area contributed by atoms with Crippen LogP contribution in [0.1, 0.15) is 12.8 Å². The smallest absolute Gasteiger partial charge is 0.252 e. The molecule has 1 aromatic rings. The van der Waals surface area contributed by atoms with Crippen molar-refractivity contribution in [2.24, 2.45) is 16.5 Å². The molecule has 1 saturated heterocycles. The van der Waals surface area contributed by atoms with Gasteiger partial charge in [-0.3, -0.25) is 5.41 Å². The van der Waals surface area contributed by atoms with E-state index in [-0.39, 0.29) is 24.8 Å². The quantitative estimate of drug-likeness (QED) is 0.584. The number of nitrogens with one attached hydrogen (secondary N) is 1. The zero-order chi connectivity index (χ0) is 16.3. The minimum atomic E-state index is -2.84. The van der Waals surface area contributed by atoms with Crippen molar-refractivity contribution in [3.8, 4) is 5.75 Å². The Balaban J connectivity index is 2.28. The van der Waals surface area contributed by atoms with E-state index in [0.717, 1.165) is 0 Å². The van der Waals surface area contributed by atoms with Gasteiger partial charge in [-0.15, -0.1) is 0 Å². The monoisotopic (exact) mass is 311 g/mol. The number of hydrogen-bond donors (Lipinski definition) is 3. The molecule has 0 aliphatic carbocycles. The van der Waals surface area contributed by atoms with Crippen LogP contribution in [0.5, 0.6) is 5.75 Å². The van der Waals surface area contributed by atoms with Crippen LogP contribution in [0.4, 0.5) is 14.5 Å². The number of methoxy groups -OCH3 is 1. The largest absolute Gasteiger partial charge is 0.497 e. The van der Waals surface area contributed by atoms with Crippen molar-refractivity contribution in [1.82, 2.24) is 4.90 Å². The molecule has 8 heteroatoms. The zero-order valence-corrected chi connectivity index (χ0v) is 12.2. The molecule has 120 valence electrons. The van der Waals surface area contributed by atoms with E-state index in [9.17, 15) is 8.78 Å². The molecule has 0 spiro atoms. The molecule has 0 amide bonds. The van der Waals surface area contributed by atoms with Gasteiger partial charge < -0.3 is 21.1 Å². The molecule has 1 fully saturated rings. The van der Waals surface area contributed by atoms with Crippen molar-refractivity contribution in [2.45, 2.75) is 24.8 Å². The number of nitrogens with zero attached hydrogens (tertiary/aromatic N) is 2. The summed E-state index contributed by atoms with van der Waals surface area (Å²) < 4.78 is 32.4. The van der Waals surface area contributed by atoms with E-state index in [4.69, 9.17) is 21.6 Å². The molecule has 1 aliphatic heterocycles. The second-order valence-electron chi connectivity index (χ2n) is 5.14. The molecule has 6 nitrogen and oxygen atoms in total. The first-order valence-electron chi connectivity index (χ1n) is 6.79. The van der Waals surface area contributed by atoms with Gasteiger partial charge in [-0.25, -0.2) is 13.8 Å². The highest BCUT2D eigenvalue weighted by atomic mass is 19.3. The van der Waals surface area contributed by atoms with Gasteiger partial charge in [0.1, 0.15) is 11.6 Å². The van der Waals surface area contributed by atoms with E-state index in [1.54, 1.807) is 24.3 Å². The predicted molar refractivity (Wildman–Crippen MR) is 80.9 cm³/mol. The second kappa shape index (κ2) is 6.17. The van der Waals surface area contributed by atoms with Crippen LogP contribution in [-0.2, 0) is 0 Å². The van der Waals surface area contributed by atoms with Crippen LogP contribution in [0.25, 0.3) is 0 Å². The molecule has 1 heterocycles. The molecule has 0 saturated carbocycles. The Morgan fingerprint density at radius 1 is 1.45 bits per heavy atom. The lowest BCUT2D eigenvalue weighted by Crippen LogP contribution is -2.56. The Hall–Kier alpha value is -2.38. The third kappa shape index (κ3) is 3.63. The highest BCUT2D eigenvalue weighted by Crippen LogP contribution is 2.32. The van der Waals surface area contributed by atoms with E-state index in [2.05, 4.69) is 4.99 Å². The highest BCUT2D eigenvalue weighted by molar-refractivity contribution is 5.92. The molecule has 22 heavy (non-hydrogen) atoms. The number of hydrogen-bond acceptors (Lipinski definition) is 3. The van der Waals surface area contributed by atoms with E-state index < -0.39 is 18.4 Å². The van der Waals surface area contributed by atoms with Gasteiger partial charge in [0.25, 0.3) is 5.92 Å². The summed E-state index contributed by atoms with van der Waals surface area (Å²) in [6.07, 6.45) is -0.860. The number of ether oxygens (including phenoxy) is 1. The number of aliphatic imine (C=N–C) groups is 1. The number of rotatable bonds is 3. The second-order valence-corrected chi connectivity index (χ2v) is 5.14. The number of nitrogens with two attached hydrogens (primary N) is 2. The Morgan fingerprint density at radius 2 is 2.18 bits per heavy atom. The maximum Gasteiger partial charge on any atom is 0.252 e. The third-order valence-electron chi connectivity index (χ3n) is 3.55. The summed E-state index contributed by atoms with van der Waals surface area (Å²) in [4.78, 5) is 5.52. The minimum Gasteiger partial charge on any atom is -0.497 e. The van der Waals surface area contributed by atoms with E-state index in [1.165, 1.54) is 12.0 Å². The van der Waals surface area contributed by atoms with Gasteiger partial charge in [0.15, 0.2) is 5.96 Å². The number of likely N-dealkylation sites (tertiary alicyclic amines) is 1. The van der Waals surface area contributed by atoms with Crippen LogP contribution in [0.2, 0.25) is 0 Å².